The van der Waals surface area contributed by atoms with E-state index in [0.717, 1.165) is 5.56 Å². The lowest BCUT2D eigenvalue weighted by atomic mass is 9.84. The Morgan fingerprint density at radius 1 is 0.854 bits per heavy atom. The number of aromatic hydroxyl groups is 3. The van der Waals surface area contributed by atoms with Gasteiger partial charge in [-0.05, 0) is 71.5 Å². The number of esters is 1. The first-order chi connectivity index (χ1) is 19.8. The Morgan fingerprint density at radius 2 is 1.46 bits per heavy atom. The van der Waals surface area contributed by atoms with E-state index in [1.54, 1.807) is 42.5 Å². The predicted octanol–water partition coefficient (Wildman–Crippen LogP) is 4.64. The molecule has 1 aliphatic heterocycles. The molecule has 218 valence electrons. The first-order valence-electron chi connectivity index (χ1n) is 12.9. The fourth-order valence-corrected chi connectivity index (χ4v) is 4.92. The number of hydrogen-bond acceptors (Lipinski definition) is 10. The topological polar surface area (TPSA) is 133 Å². The molecule has 3 atom stereocenters. The van der Waals surface area contributed by atoms with E-state index in [9.17, 15) is 20.1 Å². The van der Waals surface area contributed by atoms with Crippen molar-refractivity contribution in [1.82, 2.24) is 0 Å². The minimum Gasteiger partial charge on any atom is -0.504 e. The molecule has 3 aromatic carbocycles. The maximum atomic E-state index is 12.7. The van der Waals surface area contributed by atoms with E-state index in [1.165, 1.54) is 40.6 Å². The molecule has 0 spiro atoms. The van der Waals surface area contributed by atoms with Gasteiger partial charge in [-0.1, -0.05) is 12.1 Å². The Balaban J connectivity index is 1.57. The largest absolute Gasteiger partial charge is 0.504 e. The highest BCUT2D eigenvalue weighted by Crippen LogP contribution is 2.46. The first-order valence-corrected chi connectivity index (χ1v) is 12.9. The Bertz CT molecular complexity index is 1370. The molecule has 0 saturated carbocycles. The van der Waals surface area contributed by atoms with Crippen molar-refractivity contribution in [2.24, 2.45) is 11.8 Å². The van der Waals surface area contributed by atoms with Crippen molar-refractivity contribution in [3.8, 4) is 40.2 Å². The van der Waals surface area contributed by atoms with Gasteiger partial charge in [-0.2, -0.15) is 0 Å². The van der Waals surface area contributed by atoms with E-state index < -0.39 is 12.1 Å². The van der Waals surface area contributed by atoms with Crippen LogP contribution < -0.4 is 18.9 Å². The fourth-order valence-electron chi connectivity index (χ4n) is 4.92. The van der Waals surface area contributed by atoms with Crippen molar-refractivity contribution < 1.29 is 48.5 Å². The molecule has 10 heteroatoms. The van der Waals surface area contributed by atoms with E-state index in [4.69, 9.17) is 28.4 Å². The van der Waals surface area contributed by atoms with Crippen molar-refractivity contribution in [3.05, 3.63) is 71.3 Å². The van der Waals surface area contributed by atoms with Crippen LogP contribution in [0.1, 0.15) is 22.8 Å². The van der Waals surface area contributed by atoms with E-state index in [-0.39, 0.29) is 47.2 Å². The minimum atomic E-state index is -0.548. The summed E-state index contributed by atoms with van der Waals surface area (Å²) < 4.78 is 33.0. The summed E-state index contributed by atoms with van der Waals surface area (Å²) in [4.78, 5) is 12.7. The van der Waals surface area contributed by atoms with Crippen LogP contribution in [0.25, 0.3) is 6.08 Å². The molecular weight excluding hydrogens is 532 g/mol. The third kappa shape index (κ3) is 6.78. The number of ether oxygens (including phenoxy) is 6. The number of phenols is 3. The van der Waals surface area contributed by atoms with Crippen molar-refractivity contribution in [2.75, 3.05) is 41.7 Å². The quantitative estimate of drug-likeness (QED) is 0.223. The third-order valence-corrected chi connectivity index (χ3v) is 7.09. The molecular formula is C31H34O10. The van der Waals surface area contributed by atoms with Crippen LogP contribution in [0.15, 0.2) is 54.6 Å². The van der Waals surface area contributed by atoms with Gasteiger partial charge in [0, 0.05) is 12.0 Å². The molecule has 0 aromatic heterocycles. The number of phenolic OH excluding ortho intramolecular Hbond substituents is 3. The zero-order chi connectivity index (χ0) is 29.5. The Kier molecular flexibility index (Phi) is 9.46. The maximum absolute atomic E-state index is 12.7. The summed E-state index contributed by atoms with van der Waals surface area (Å²) in [5, 5.41) is 30.2. The SMILES string of the molecule is COc1cc(C=CC(=O)OC[C@H]2[C@@H](Cc3ccc(O)c(OC)c3)CO[C@@H]2c2cc(OC)c(O)c(OC)c2)ccc1O. The highest BCUT2D eigenvalue weighted by Gasteiger charge is 2.40. The molecule has 0 unspecified atom stereocenters. The van der Waals surface area contributed by atoms with E-state index in [1.807, 2.05) is 6.07 Å². The second-order valence-corrected chi connectivity index (χ2v) is 9.56. The normalized spacial score (nSPS) is 18.3. The van der Waals surface area contributed by atoms with Crippen LogP contribution in [0.5, 0.6) is 40.2 Å². The lowest BCUT2D eigenvalue weighted by Gasteiger charge is -2.24. The van der Waals surface area contributed by atoms with Crippen molar-refractivity contribution in [1.29, 1.82) is 0 Å². The smallest absolute Gasteiger partial charge is 0.330 e. The molecule has 0 radical (unpaired) electrons. The summed E-state index contributed by atoms with van der Waals surface area (Å²) in [6.07, 6.45) is 2.97. The number of benzene rings is 3. The van der Waals surface area contributed by atoms with Gasteiger partial charge in [0.25, 0.3) is 0 Å². The van der Waals surface area contributed by atoms with Crippen LogP contribution in [-0.2, 0) is 20.7 Å². The van der Waals surface area contributed by atoms with Gasteiger partial charge in [0.15, 0.2) is 34.5 Å². The van der Waals surface area contributed by atoms with Crippen molar-refractivity contribution in [3.63, 3.8) is 0 Å². The van der Waals surface area contributed by atoms with Crippen LogP contribution in [0.2, 0.25) is 0 Å². The number of carbonyl (C=O) groups excluding carboxylic acids is 1. The summed E-state index contributed by atoms with van der Waals surface area (Å²) in [7, 11) is 5.83. The molecule has 0 amide bonds. The molecule has 10 nitrogen and oxygen atoms in total. The van der Waals surface area contributed by atoms with Crippen LogP contribution >= 0.6 is 0 Å². The van der Waals surface area contributed by atoms with Gasteiger partial charge in [-0.3, -0.25) is 0 Å². The summed E-state index contributed by atoms with van der Waals surface area (Å²) >= 11 is 0. The van der Waals surface area contributed by atoms with Gasteiger partial charge >= 0.3 is 5.97 Å². The van der Waals surface area contributed by atoms with Gasteiger partial charge in [0.05, 0.1) is 47.8 Å². The maximum Gasteiger partial charge on any atom is 0.330 e. The molecule has 1 aliphatic rings. The molecule has 3 N–H and O–H groups in total. The fraction of sp³-hybridized carbons (Fsp3) is 0.323. The second kappa shape index (κ2) is 13.2. The second-order valence-electron chi connectivity index (χ2n) is 9.56. The van der Waals surface area contributed by atoms with Crippen LogP contribution in [0.4, 0.5) is 0 Å². The van der Waals surface area contributed by atoms with Crippen LogP contribution in [0.3, 0.4) is 0 Å². The van der Waals surface area contributed by atoms with Crippen molar-refractivity contribution in [2.45, 2.75) is 12.5 Å². The summed E-state index contributed by atoms with van der Waals surface area (Å²) in [6.45, 7) is 0.433. The molecule has 1 fully saturated rings. The summed E-state index contributed by atoms with van der Waals surface area (Å²) in [6, 6.07) is 13.3. The third-order valence-electron chi connectivity index (χ3n) is 7.09. The van der Waals surface area contributed by atoms with Gasteiger partial charge < -0.3 is 43.7 Å². The number of methoxy groups -OCH3 is 4. The highest BCUT2D eigenvalue weighted by atomic mass is 16.5. The van der Waals surface area contributed by atoms with Gasteiger partial charge in [0.1, 0.15) is 0 Å². The zero-order valence-corrected chi connectivity index (χ0v) is 23.3. The van der Waals surface area contributed by atoms with E-state index >= 15 is 0 Å². The zero-order valence-electron chi connectivity index (χ0n) is 23.3. The minimum absolute atomic E-state index is 0.000663. The molecule has 3 aromatic rings. The molecule has 1 saturated heterocycles. The number of rotatable bonds is 11. The van der Waals surface area contributed by atoms with Gasteiger partial charge in [-0.25, -0.2) is 4.79 Å². The molecule has 1 heterocycles. The van der Waals surface area contributed by atoms with Crippen molar-refractivity contribution >= 4 is 12.0 Å². The van der Waals surface area contributed by atoms with E-state index in [2.05, 4.69) is 0 Å². The Morgan fingerprint density at radius 3 is 2.10 bits per heavy atom. The number of carbonyl (C=O) groups is 1. The Hall–Kier alpha value is -4.57. The standard InChI is InChI=1S/C31H34O10/c1-36-25-12-18(5-8-23(25)32)7-10-29(34)40-17-22-21(11-19-6-9-24(33)26(13-19)37-2)16-41-31(22)20-14-27(38-3)30(35)28(15-20)39-4/h5-10,12-15,21-22,31-33,35H,11,16-17H2,1-4H3/t21-,22-,31+/m0/s1. The van der Waals surface area contributed by atoms with Gasteiger partial charge in [-0.15, -0.1) is 0 Å². The predicted molar refractivity (Wildman–Crippen MR) is 150 cm³/mol. The van der Waals surface area contributed by atoms with E-state index in [0.29, 0.717) is 35.7 Å². The number of hydrogen-bond donors (Lipinski definition) is 3. The van der Waals surface area contributed by atoms with Crippen LogP contribution in [0, 0.1) is 11.8 Å². The first kappa shape index (κ1) is 29.4. The molecule has 41 heavy (non-hydrogen) atoms. The van der Waals surface area contributed by atoms with Crippen LogP contribution in [-0.4, -0.2) is 62.9 Å². The average molecular weight is 567 g/mol. The molecule has 0 aliphatic carbocycles. The summed E-state index contributed by atoms with van der Waals surface area (Å²) in [5.74, 6) is 0.179. The lowest BCUT2D eigenvalue weighted by Crippen LogP contribution is -2.24. The average Bonchev–Trinajstić information content (AvgIpc) is 3.38. The highest BCUT2D eigenvalue weighted by molar-refractivity contribution is 5.87. The summed E-state index contributed by atoms with van der Waals surface area (Å²) in [5.41, 5.74) is 2.28. The van der Waals surface area contributed by atoms with Gasteiger partial charge in [0.2, 0.25) is 5.75 Å². The Labute approximate surface area is 238 Å². The monoisotopic (exact) mass is 566 g/mol. The molecule has 4 rings (SSSR count). The lowest BCUT2D eigenvalue weighted by molar-refractivity contribution is -0.139. The molecule has 0 bridgehead atoms.